The van der Waals surface area contributed by atoms with Gasteiger partial charge in [-0.15, -0.1) is 13.2 Å². The normalized spacial score (nSPS) is 21.5. The van der Waals surface area contributed by atoms with Crippen molar-refractivity contribution >= 4 is 10.9 Å². The van der Waals surface area contributed by atoms with E-state index in [1.165, 1.54) is 18.1 Å². The first-order chi connectivity index (χ1) is 10.7. The second kappa shape index (κ2) is 6.49. The summed E-state index contributed by atoms with van der Waals surface area (Å²) in [7, 11) is 0. The van der Waals surface area contributed by atoms with Crippen LogP contribution >= 0.6 is 0 Å². The molecule has 1 heterocycles. The quantitative estimate of drug-likeness (QED) is 0.771. The van der Waals surface area contributed by atoms with E-state index in [1.807, 2.05) is 18.2 Å². The van der Waals surface area contributed by atoms with Gasteiger partial charge < -0.3 is 4.98 Å². The van der Waals surface area contributed by atoms with Gasteiger partial charge in [-0.1, -0.05) is 12.2 Å². The fraction of sp³-hybridized carbons (Fsp3) is 0.368. The van der Waals surface area contributed by atoms with Crippen molar-refractivity contribution in [2.75, 3.05) is 13.1 Å². The first kappa shape index (κ1) is 15.0. The van der Waals surface area contributed by atoms with E-state index in [-0.39, 0.29) is 5.82 Å². The molecular weight excluding hydrogens is 275 g/mol. The molecule has 0 spiro atoms. The Morgan fingerprint density at radius 2 is 2.00 bits per heavy atom. The molecule has 2 unspecified atom stereocenters. The standard InChI is InChI=1S/C19H23FN2/c1-3-9-22(10-4-2)16-7-5-14(11-16)18-13-21-19-8-6-15(20)12-17(18)19/h3-4,6,8,12-14,16,21H,1-2,5,7,9-11H2. The molecule has 1 fully saturated rings. The van der Waals surface area contributed by atoms with E-state index in [9.17, 15) is 4.39 Å². The number of nitrogens with zero attached hydrogens (tertiary/aromatic N) is 1. The monoisotopic (exact) mass is 298 g/mol. The summed E-state index contributed by atoms with van der Waals surface area (Å²) in [5.41, 5.74) is 2.28. The molecule has 2 nitrogen and oxygen atoms in total. The van der Waals surface area contributed by atoms with Gasteiger partial charge in [0.05, 0.1) is 0 Å². The van der Waals surface area contributed by atoms with Crippen molar-refractivity contribution in [1.29, 1.82) is 0 Å². The van der Waals surface area contributed by atoms with Crippen molar-refractivity contribution < 1.29 is 4.39 Å². The zero-order valence-corrected chi connectivity index (χ0v) is 12.9. The number of halogens is 1. The zero-order valence-electron chi connectivity index (χ0n) is 12.9. The fourth-order valence-electron chi connectivity index (χ4n) is 3.73. The summed E-state index contributed by atoms with van der Waals surface area (Å²) < 4.78 is 13.5. The van der Waals surface area contributed by atoms with Crippen LogP contribution in [-0.4, -0.2) is 29.0 Å². The molecule has 1 N–H and O–H groups in total. The molecule has 0 bridgehead atoms. The molecule has 1 saturated carbocycles. The van der Waals surface area contributed by atoms with Gasteiger partial charge in [-0.3, -0.25) is 4.90 Å². The summed E-state index contributed by atoms with van der Waals surface area (Å²) in [6.07, 6.45) is 9.41. The minimum absolute atomic E-state index is 0.164. The number of hydrogen-bond acceptors (Lipinski definition) is 1. The first-order valence-corrected chi connectivity index (χ1v) is 7.95. The second-order valence-corrected chi connectivity index (χ2v) is 6.13. The van der Waals surface area contributed by atoms with E-state index in [1.54, 1.807) is 6.07 Å². The smallest absolute Gasteiger partial charge is 0.123 e. The van der Waals surface area contributed by atoms with Crippen molar-refractivity contribution in [3.05, 3.63) is 61.1 Å². The number of aromatic nitrogens is 1. The number of rotatable bonds is 6. The second-order valence-electron chi connectivity index (χ2n) is 6.13. The highest BCUT2D eigenvalue weighted by molar-refractivity contribution is 5.83. The van der Waals surface area contributed by atoms with Crippen LogP contribution in [0, 0.1) is 5.82 Å². The van der Waals surface area contributed by atoms with E-state index in [0.29, 0.717) is 12.0 Å². The molecule has 1 aromatic carbocycles. The maximum absolute atomic E-state index is 13.5. The van der Waals surface area contributed by atoms with E-state index in [2.05, 4.69) is 29.2 Å². The number of benzene rings is 1. The minimum atomic E-state index is -0.164. The number of hydrogen-bond donors (Lipinski definition) is 1. The number of H-pyrrole nitrogens is 1. The Kier molecular flexibility index (Phi) is 4.44. The summed E-state index contributed by atoms with van der Waals surface area (Å²) >= 11 is 0. The number of fused-ring (bicyclic) bond motifs is 1. The van der Waals surface area contributed by atoms with Gasteiger partial charge >= 0.3 is 0 Å². The van der Waals surface area contributed by atoms with Gasteiger partial charge in [-0.2, -0.15) is 0 Å². The van der Waals surface area contributed by atoms with E-state index < -0.39 is 0 Å². The zero-order chi connectivity index (χ0) is 15.5. The van der Waals surface area contributed by atoms with Gasteiger partial charge in [-0.25, -0.2) is 4.39 Å². The van der Waals surface area contributed by atoms with Crippen LogP contribution in [0.1, 0.15) is 30.7 Å². The predicted octanol–water partition coefficient (Wildman–Crippen LogP) is 4.62. The highest BCUT2D eigenvalue weighted by Gasteiger charge is 2.30. The third-order valence-corrected chi connectivity index (χ3v) is 4.76. The summed E-state index contributed by atoms with van der Waals surface area (Å²) in [4.78, 5) is 5.70. The van der Waals surface area contributed by atoms with Crippen LogP contribution in [0.25, 0.3) is 10.9 Å². The summed E-state index contributed by atoms with van der Waals surface area (Å²) in [6, 6.07) is 5.54. The summed E-state index contributed by atoms with van der Waals surface area (Å²) in [5.74, 6) is 0.334. The lowest BCUT2D eigenvalue weighted by Gasteiger charge is -2.26. The fourth-order valence-corrected chi connectivity index (χ4v) is 3.73. The van der Waals surface area contributed by atoms with Crippen molar-refractivity contribution in [2.24, 2.45) is 0 Å². The van der Waals surface area contributed by atoms with E-state index >= 15 is 0 Å². The van der Waals surface area contributed by atoms with Crippen LogP contribution in [0.2, 0.25) is 0 Å². The predicted molar refractivity (Wildman–Crippen MR) is 90.6 cm³/mol. The van der Waals surface area contributed by atoms with Gasteiger partial charge in [-0.05, 0) is 48.9 Å². The molecule has 0 amide bonds. The maximum atomic E-state index is 13.5. The number of nitrogens with one attached hydrogen (secondary N) is 1. The molecule has 0 radical (unpaired) electrons. The lowest BCUT2D eigenvalue weighted by atomic mass is 9.96. The molecule has 22 heavy (non-hydrogen) atoms. The van der Waals surface area contributed by atoms with E-state index in [0.717, 1.165) is 36.8 Å². The Balaban J connectivity index is 1.80. The van der Waals surface area contributed by atoms with Crippen LogP contribution < -0.4 is 0 Å². The van der Waals surface area contributed by atoms with Gasteiger partial charge in [0.2, 0.25) is 0 Å². The number of aromatic amines is 1. The van der Waals surface area contributed by atoms with Crippen LogP contribution in [0.15, 0.2) is 49.7 Å². The van der Waals surface area contributed by atoms with Crippen molar-refractivity contribution in [3.63, 3.8) is 0 Å². The lowest BCUT2D eigenvalue weighted by molar-refractivity contribution is 0.242. The average Bonchev–Trinajstić information content (AvgIpc) is 3.12. The molecule has 3 rings (SSSR count). The van der Waals surface area contributed by atoms with Crippen LogP contribution in [0.3, 0.4) is 0 Å². The molecule has 0 saturated heterocycles. The van der Waals surface area contributed by atoms with Gasteiger partial charge in [0.15, 0.2) is 0 Å². The van der Waals surface area contributed by atoms with Gasteiger partial charge in [0.1, 0.15) is 5.82 Å². The third kappa shape index (κ3) is 2.86. The molecule has 2 atom stereocenters. The molecule has 3 heteroatoms. The third-order valence-electron chi connectivity index (χ3n) is 4.76. The Hall–Kier alpha value is -1.87. The summed E-state index contributed by atoms with van der Waals surface area (Å²) in [5, 5.41) is 1.03. The van der Waals surface area contributed by atoms with Crippen LogP contribution in [-0.2, 0) is 0 Å². The Labute approximate surface area is 131 Å². The molecule has 0 aliphatic heterocycles. The average molecular weight is 298 g/mol. The Morgan fingerprint density at radius 1 is 1.23 bits per heavy atom. The van der Waals surface area contributed by atoms with Crippen molar-refractivity contribution in [3.8, 4) is 0 Å². The van der Waals surface area contributed by atoms with Crippen molar-refractivity contribution in [2.45, 2.75) is 31.2 Å². The maximum Gasteiger partial charge on any atom is 0.123 e. The van der Waals surface area contributed by atoms with Crippen molar-refractivity contribution in [1.82, 2.24) is 9.88 Å². The Bertz CT molecular complexity index is 663. The van der Waals surface area contributed by atoms with Gasteiger partial charge in [0.25, 0.3) is 0 Å². The molecular formula is C19H23FN2. The van der Waals surface area contributed by atoms with E-state index in [4.69, 9.17) is 0 Å². The Morgan fingerprint density at radius 3 is 2.73 bits per heavy atom. The van der Waals surface area contributed by atoms with Crippen LogP contribution in [0.4, 0.5) is 4.39 Å². The molecule has 1 aromatic heterocycles. The van der Waals surface area contributed by atoms with Gasteiger partial charge in [0, 0.05) is 36.2 Å². The molecule has 1 aliphatic carbocycles. The largest absolute Gasteiger partial charge is 0.361 e. The lowest BCUT2D eigenvalue weighted by Crippen LogP contribution is -2.33. The summed E-state index contributed by atoms with van der Waals surface area (Å²) in [6.45, 7) is 9.49. The highest BCUT2D eigenvalue weighted by Crippen LogP contribution is 2.39. The molecule has 2 aromatic rings. The first-order valence-electron chi connectivity index (χ1n) is 7.95. The topological polar surface area (TPSA) is 19.0 Å². The van der Waals surface area contributed by atoms with Crippen LogP contribution in [0.5, 0.6) is 0 Å². The minimum Gasteiger partial charge on any atom is -0.361 e. The molecule has 116 valence electrons. The SMILES string of the molecule is C=CCN(CC=C)C1CCC(c2c[nH]c3ccc(F)cc23)C1. The highest BCUT2D eigenvalue weighted by atomic mass is 19.1. The molecule has 1 aliphatic rings.